The number of allylic oxidation sites excluding steroid dienone is 8. The maximum absolute atomic E-state index is 12.7. The summed E-state index contributed by atoms with van der Waals surface area (Å²) in [5.74, 6) is -0.422. The fourth-order valence-electron chi connectivity index (χ4n) is 5.56. The first-order chi connectivity index (χ1) is 25.1. The number of carbonyl (C=O) groups is 1. The van der Waals surface area contributed by atoms with E-state index in [0.29, 0.717) is 13.0 Å². The van der Waals surface area contributed by atoms with E-state index in [9.17, 15) is 28.5 Å². The van der Waals surface area contributed by atoms with Gasteiger partial charge in [-0.1, -0.05) is 127 Å². The van der Waals surface area contributed by atoms with Crippen LogP contribution in [0.5, 0.6) is 0 Å². The quantitative estimate of drug-likeness (QED) is 0.0243. The number of carbonyl (C=O) groups excluding carboxylic acids is 1. The lowest BCUT2D eigenvalue weighted by Gasteiger charge is -2.41. The fourth-order valence-corrected chi connectivity index (χ4v) is 6.07. The molecule has 0 radical (unpaired) electrons. The molecule has 6 unspecified atom stereocenters. The molecule has 1 saturated heterocycles. The van der Waals surface area contributed by atoms with Crippen LogP contribution in [-0.4, -0.2) is 97.5 Å². The number of aliphatic hydroxyl groups is 3. The molecule has 0 saturated carbocycles. The number of ether oxygens (including phenoxy) is 4. The molecule has 0 amide bonds. The van der Waals surface area contributed by atoms with Gasteiger partial charge in [0.1, 0.15) is 30.5 Å². The molecule has 12 nitrogen and oxygen atoms in total. The molecule has 0 aromatic carbocycles. The molecule has 6 atom stereocenters. The van der Waals surface area contributed by atoms with E-state index in [0.717, 1.165) is 57.8 Å². The highest BCUT2D eigenvalue weighted by molar-refractivity contribution is 7.80. The summed E-state index contributed by atoms with van der Waals surface area (Å²) >= 11 is 0. The zero-order chi connectivity index (χ0) is 38.3. The first-order valence-electron chi connectivity index (χ1n) is 19.4. The van der Waals surface area contributed by atoms with Crippen molar-refractivity contribution in [1.29, 1.82) is 0 Å². The van der Waals surface area contributed by atoms with Gasteiger partial charge < -0.3 is 34.3 Å². The lowest BCUT2D eigenvalue weighted by Crippen LogP contribution is -2.60. The molecule has 0 spiro atoms. The Morgan fingerprint density at radius 1 is 0.750 bits per heavy atom. The van der Waals surface area contributed by atoms with Crippen LogP contribution in [0.25, 0.3) is 0 Å². The highest BCUT2D eigenvalue weighted by Crippen LogP contribution is 2.26. The van der Waals surface area contributed by atoms with E-state index in [1.807, 2.05) is 0 Å². The van der Waals surface area contributed by atoms with E-state index in [2.05, 4.69) is 66.6 Å². The van der Waals surface area contributed by atoms with Gasteiger partial charge in [0.2, 0.25) is 0 Å². The third-order valence-electron chi connectivity index (χ3n) is 8.47. The minimum atomic E-state index is -5.06. The number of esters is 1. The molecule has 0 aromatic heterocycles. The molecule has 4 N–H and O–H groups in total. The highest BCUT2D eigenvalue weighted by Gasteiger charge is 2.48. The molecule has 1 aliphatic rings. The van der Waals surface area contributed by atoms with E-state index in [1.165, 1.54) is 44.9 Å². The third-order valence-corrected chi connectivity index (χ3v) is 8.93. The predicted molar refractivity (Wildman–Crippen MR) is 202 cm³/mol. The summed E-state index contributed by atoms with van der Waals surface area (Å²) in [6, 6.07) is 0. The number of rotatable bonds is 32. The van der Waals surface area contributed by atoms with E-state index in [4.69, 9.17) is 23.5 Å². The van der Waals surface area contributed by atoms with Crippen LogP contribution < -0.4 is 0 Å². The standard InChI is InChI=1S/C39H68O12S/c1-3-5-7-9-11-13-15-16-17-19-21-23-25-27-29-47-31-33(49-35(41)28-26-24-22-20-18-14-12-10-8-6-4-2)32-48-39-37(43)38(51-52(44,45)46)36(42)34(30-40)50-39/h5,7,11,13,16-17,21,23,33-34,36-40,42-43H,3-4,6,8-10,12,14-15,18-20,22,24-32H2,1-2H3,(H,44,45,46)/b7-5-,13-11-,17-16-,23-21-. The Balaban J connectivity index is 2.56. The van der Waals surface area contributed by atoms with Gasteiger partial charge >= 0.3 is 16.4 Å². The summed E-state index contributed by atoms with van der Waals surface area (Å²) < 4.78 is 58.7. The summed E-state index contributed by atoms with van der Waals surface area (Å²) in [5.41, 5.74) is 0. The van der Waals surface area contributed by atoms with E-state index < -0.39 is 59.8 Å². The lowest BCUT2D eigenvalue weighted by atomic mass is 9.99. The van der Waals surface area contributed by atoms with Gasteiger partial charge in [0.05, 0.1) is 19.8 Å². The van der Waals surface area contributed by atoms with Crippen LogP contribution in [0.15, 0.2) is 48.6 Å². The summed E-state index contributed by atoms with van der Waals surface area (Å²) in [6.07, 6.45) is 26.0. The second-order valence-electron chi connectivity index (χ2n) is 13.1. The number of aliphatic hydroxyl groups excluding tert-OH is 3. The largest absolute Gasteiger partial charge is 0.457 e. The third kappa shape index (κ3) is 25.1. The summed E-state index contributed by atoms with van der Waals surface area (Å²) in [5, 5.41) is 30.5. The number of hydrogen-bond acceptors (Lipinski definition) is 11. The molecule has 1 heterocycles. The zero-order valence-corrected chi connectivity index (χ0v) is 32.4. The topological polar surface area (TPSA) is 178 Å². The van der Waals surface area contributed by atoms with Crippen LogP contribution in [0.2, 0.25) is 0 Å². The molecule has 302 valence electrons. The van der Waals surface area contributed by atoms with Gasteiger partial charge in [-0.15, -0.1) is 0 Å². The Kier molecular flexibility index (Phi) is 29.0. The van der Waals surface area contributed by atoms with Crippen molar-refractivity contribution in [3.8, 4) is 0 Å². The van der Waals surface area contributed by atoms with Crippen molar-refractivity contribution in [3.05, 3.63) is 48.6 Å². The molecule has 0 bridgehead atoms. The van der Waals surface area contributed by atoms with Crippen LogP contribution in [0.1, 0.15) is 129 Å². The Bertz CT molecular complexity index is 1110. The maximum atomic E-state index is 12.7. The molecule has 1 rings (SSSR count). The van der Waals surface area contributed by atoms with Gasteiger partial charge in [0, 0.05) is 13.0 Å². The van der Waals surface area contributed by atoms with Crippen molar-refractivity contribution >= 4 is 16.4 Å². The van der Waals surface area contributed by atoms with Crippen LogP contribution >= 0.6 is 0 Å². The van der Waals surface area contributed by atoms with Gasteiger partial charge in [-0.05, 0) is 44.9 Å². The van der Waals surface area contributed by atoms with Crippen molar-refractivity contribution in [2.45, 2.75) is 166 Å². The van der Waals surface area contributed by atoms with Crippen molar-refractivity contribution < 1.29 is 56.2 Å². The minimum Gasteiger partial charge on any atom is -0.457 e. The normalized spacial score (nSPS) is 22.0. The van der Waals surface area contributed by atoms with Gasteiger partial charge in [0.25, 0.3) is 0 Å². The minimum absolute atomic E-state index is 0.00197. The fraction of sp³-hybridized carbons (Fsp3) is 0.769. The Morgan fingerprint density at radius 3 is 1.87 bits per heavy atom. The number of hydrogen-bond donors (Lipinski definition) is 4. The van der Waals surface area contributed by atoms with Gasteiger partial charge in [0.15, 0.2) is 6.29 Å². The maximum Gasteiger partial charge on any atom is 0.397 e. The SMILES string of the molecule is CC/C=C\C/C=C\C/C=C\C/C=C\CCCOCC(COC1OC(CO)C(O)C(OS(=O)(=O)O)C1O)OC(=O)CCCCCCCCCCCCC. The van der Waals surface area contributed by atoms with Gasteiger partial charge in [-0.25, -0.2) is 4.18 Å². The smallest absolute Gasteiger partial charge is 0.397 e. The lowest BCUT2D eigenvalue weighted by molar-refractivity contribution is -0.301. The molecule has 52 heavy (non-hydrogen) atoms. The van der Waals surface area contributed by atoms with Crippen molar-refractivity contribution in [1.82, 2.24) is 0 Å². The van der Waals surface area contributed by atoms with Crippen LogP contribution in [-0.2, 0) is 38.3 Å². The molecular formula is C39H68O12S. The summed E-state index contributed by atoms with van der Waals surface area (Å²) in [7, 11) is -5.06. The highest BCUT2D eigenvalue weighted by atomic mass is 32.3. The summed E-state index contributed by atoms with van der Waals surface area (Å²) in [4.78, 5) is 12.7. The average molecular weight is 761 g/mol. The van der Waals surface area contributed by atoms with Crippen LogP contribution in [0.3, 0.4) is 0 Å². The van der Waals surface area contributed by atoms with Crippen molar-refractivity contribution in [2.75, 3.05) is 26.4 Å². The van der Waals surface area contributed by atoms with E-state index in [-0.39, 0.29) is 19.6 Å². The first-order valence-corrected chi connectivity index (χ1v) is 20.8. The molecular weight excluding hydrogens is 692 g/mol. The van der Waals surface area contributed by atoms with Crippen molar-refractivity contribution in [3.63, 3.8) is 0 Å². The second kappa shape index (κ2) is 31.4. The van der Waals surface area contributed by atoms with Gasteiger partial charge in [-0.2, -0.15) is 8.42 Å². The Hall–Kier alpha value is -1.94. The van der Waals surface area contributed by atoms with E-state index in [1.54, 1.807) is 0 Å². The molecule has 0 aromatic rings. The van der Waals surface area contributed by atoms with E-state index >= 15 is 0 Å². The summed E-state index contributed by atoms with van der Waals surface area (Å²) in [6.45, 7) is 3.69. The number of unbranched alkanes of at least 4 members (excludes halogenated alkanes) is 11. The van der Waals surface area contributed by atoms with Crippen molar-refractivity contribution in [2.24, 2.45) is 0 Å². The van der Waals surface area contributed by atoms with Gasteiger partial charge in [-0.3, -0.25) is 9.35 Å². The Labute approximate surface area is 313 Å². The second-order valence-corrected chi connectivity index (χ2v) is 14.2. The zero-order valence-electron chi connectivity index (χ0n) is 31.6. The predicted octanol–water partition coefficient (Wildman–Crippen LogP) is 6.84. The first kappa shape index (κ1) is 48.1. The molecule has 1 fully saturated rings. The van der Waals surface area contributed by atoms with Crippen LogP contribution in [0.4, 0.5) is 0 Å². The van der Waals surface area contributed by atoms with Crippen LogP contribution in [0, 0.1) is 0 Å². The average Bonchev–Trinajstić information content (AvgIpc) is 3.11. The Morgan fingerprint density at radius 2 is 1.31 bits per heavy atom. The molecule has 0 aliphatic carbocycles. The monoisotopic (exact) mass is 760 g/mol. The molecule has 13 heteroatoms. The molecule has 1 aliphatic heterocycles.